The van der Waals surface area contributed by atoms with Crippen molar-refractivity contribution >= 4 is 16.6 Å². The van der Waals surface area contributed by atoms with Gasteiger partial charge in [-0.25, -0.2) is 0 Å². The smallest absolute Gasteiger partial charge is 0.178 e. The molecule has 0 heterocycles. The van der Waals surface area contributed by atoms with Crippen LogP contribution >= 0.6 is 0 Å². The van der Waals surface area contributed by atoms with Crippen molar-refractivity contribution in [1.29, 1.82) is 0 Å². The van der Waals surface area contributed by atoms with E-state index >= 15 is 0 Å². The van der Waals surface area contributed by atoms with Gasteiger partial charge in [-0.05, 0) is 38.8 Å². The Bertz CT molecular complexity index is 466. The van der Waals surface area contributed by atoms with Crippen molar-refractivity contribution in [3.05, 3.63) is 34.9 Å². The van der Waals surface area contributed by atoms with Crippen LogP contribution in [0.5, 0.6) is 0 Å². The third kappa shape index (κ3) is 4.57. The van der Waals surface area contributed by atoms with Gasteiger partial charge < -0.3 is 0 Å². The molecule has 1 rings (SSSR count). The minimum atomic E-state index is -1.06. The predicted molar refractivity (Wildman–Crippen MR) is 82.2 cm³/mol. The lowest BCUT2D eigenvalue weighted by Crippen LogP contribution is -2.25. The first-order chi connectivity index (χ1) is 8.97. The number of ketones is 1. The average Bonchev–Trinajstić information content (AvgIpc) is 2.40. The highest BCUT2D eigenvalue weighted by atomic mass is 32.2. The summed E-state index contributed by atoms with van der Waals surface area (Å²) >= 11 is 0. The van der Waals surface area contributed by atoms with E-state index in [1.165, 1.54) is 0 Å². The van der Waals surface area contributed by atoms with Crippen LogP contribution in [-0.2, 0) is 10.8 Å². The highest BCUT2D eigenvalue weighted by molar-refractivity contribution is 7.86. The molecule has 3 heteroatoms. The summed E-state index contributed by atoms with van der Waals surface area (Å²) in [5.41, 5.74) is 2.75. The van der Waals surface area contributed by atoms with Gasteiger partial charge in [0.1, 0.15) is 0 Å². The zero-order valence-electron chi connectivity index (χ0n) is 12.4. The molecule has 19 heavy (non-hydrogen) atoms. The number of carbonyl (C=O) groups excluding carboxylic acids is 1. The monoisotopic (exact) mass is 280 g/mol. The van der Waals surface area contributed by atoms with Gasteiger partial charge in [-0.15, -0.1) is 0 Å². The van der Waals surface area contributed by atoms with Gasteiger partial charge in [-0.2, -0.15) is 0 Å². The Morgan fingerprint density at radius 2 is 1.95 bits per heavy atom. The summed E-state index contributed by atoms with van der Waals surface area (Å²) < 4.78 is 12.1. The van der Waals surface area contributed by atoms with Crippen LogP contribution < -0.4 is 0 Å². The second-order valence-electron chi connectivity index (χ2n) is 5.12. The Morgan fingerprint density at radius 3 is 2.58 bits per heavy atom. The molecule has 0 bridgehead atoms. The molecule has 0 spiro atoms. The molecule has 0 saturated carbocycles. The largest absolute Gasteiger partial charge is 0.293 e. The quantitative estimate of drug-likeness (QED) is 0.562. The van der Waals surface area contributed by atoms with E-state index in [0.717, 1.165) is 36.0 Å². The molecule has 2 nitrogen and oxygen atoms in total. The number of rotatable bonds is 7. The fourth-order valence-corrected chi connectivity index (χ4v) is 3.22. The van der Waals surface area contributed by atoms with E-state index in [4.69, 9.17) is 0 Å². The summed E-state index contributed by atoms with van der Waals surface area (Å²) in [7, 11) is -1.06. The zero-order chi connectivity index (χ0) is 14.4. The van der Waals surface area contributed by atoms with Crippen molar-refractivity contribution in [2.24, 2.45) is 0 Å². The van der Waals surface area contributed by atoms with Crippen molar-refractivity contribution in [1.82, 2.24) is 0 Å². The van der Waals surface area contributed by atoms with Crippen molar-refractivity contribution < 1.29 is 9.00 Å². The van der Waals surface area contributed by atoms with Gasteiger partial charge in [0.25, 0.3) is 0 Å². The van der Waals surface area contributed by atoms with Gasteiger partial charge >= 0.3 is 0 Å². The Labute approximate surface area is 119 Å². The summed E-state index contributed by atoms with van der Waals surface area (Å²) in [6.45, 7) is 7.80. The highest BCUT2D eigenvalue weighted by Crippen LogP contribution is 2.16. The fourth-order valence-electron chi connectivity index (χ4n) is 2.01. The Morgan fingerprint density at radius 1 is 1.26 bits per heavy atom. The second kappa shape index (κ2) is 7.59. The molecular weight excluding hydrogens is 256 g/mol. The first-order valence-electron chi connectivity index (χ1n) is 6.96. The molecule has 1 aromatic carbocycles. The van der Waals surface area contributed by atoms with Crippen molar-refractivity contribution in [3.8, 4) is 0 Å². The molecule has 0 fully saturated rings. The zero-order valence-corrected chi connectivity index (χ0v) is 13.2. The SMILES string of the molecule is CCCCCS(=O)C(C)C(=O)c1cc(C)ccc1C. The standard InChI is InChI=1S/C16H24O2S/c1-5-6-7-10-19(18)14(4)16(17)15-11-12(2)8-9-13(15)3/h8-9,11,14H,5-7,10H2,1-4H3. The van der Waals surface area contributed by atoms with E-state index in [9.17, 15) is 9.00 Å². The number of unbranched alkanes of at least 4 members (excludes halogenated alkanes) is 2. The third-order valence-corrected chi connectivity index (χ3v) is 5.06. The van der Waals surface area contributed by atoms with Crippen LogP contribution in [0.4, 0.5) is 0 Å². The summed E-state index contributed by atoms with van der Waals surface area (Å²) in [6, 6.07) is 5.85. The summed E-state index contributed by atoms with van der Waals surface area (Å²) in [5.74, 6) is 0.641. The van der Waals surface area contributed by atoms with E-state index < -0.39 is 16.0 Å². The van der Waals surface area contributed by atoms with Crippen LogP contribution in [-0.4, -0.2) is 21.0 Å². The Balaban J connectivity index is 2.76. The number of hydrogen-bond donors (Lipinski definition) is 0. The first kappa shape index (κ1) is 16.1. The predicted octanol–water partition coefficient (Wildman–Crippen LogP) is 3.81. The van der Waals surface area contributed by atoms with Crippen LogP contribution in [0.3, 0.4) is 0 Å². The van der Waals surface area contributed by atoms with Gasteiger partial charge in [0.15, 0.2) is 5.78 Å². The van der Waals surface area contributed by atoms with Crippen LogP contribution in [0, 0.1) is 13.8 Å². The molecule has 1 aromatic rings. The number of carbonyl (C=O) groups is 1. The fraction of sp³-hybridized carbons (Fsp3) is 0.562. The normalized spacial score (nSPS) is 14.1. The van der Waals surface area contributed by atoms with Crippen molar-refractivity contribution in [3.63, 3.8) is 0 Å². The Kier molecular flexibility index (Phi) is 6.43. The molecule has 0 aliphatic heterocycles. The van der Waals surface area contributed by atoms with Crippen molar-refractivity contribution in [2.75, 3.05) is 5.75 Å². The molecule has 2 unspecified atom stereocenters. The molecular formula is C16H24O2S. The molecule has 0 aliphatic rings. The summed E-state index contributed by atoms with van der Waals surface area (Å²) in [4.78, 5) is 12.4. The summed E-state index contributed by atoms with van der Waals surface area (Å²) in [6.07, 6.45) is 3.13. The van der Waals surface area contributed by atoms with Crippen LogP contribution in [0.15, 0.2) is 18.2 Å². The van der Waals surface area contributed by atoms with Crippen LogP contribution in [0.2, 0.25) is 0 Å². The van der Waals surface area contributed by atoms with Crippen LogP contribution in [0.25, 0.3) is 0 Å². The molecule has 106 valence electrons. The average molecular weight is 280 g/mol. The first-order valence-corrected chi connectivity index (χ1v) is 8.34. The summed E-state index contributed by atoms with van der Waals surface area (Å²) in [5, 5.41) is -0.405. The van der Waals surface area contributed by atoms with Gasteiger partial charge in [0, 0.05) is 22.1 Å². The number of hydrogen-bond acceptors (Lipinski definition) is 2. The van der Waals surface area contributed by atoms with E-state index in [2.05, 4.69) is 6.92 Å². The van der Waals surface area contributed by atoms with E-state index in [0.29, 0.717) is 5.75 Å². The minimum Gasteiger partial charge on any atom is -0.293 e. The van der Waals surface area contributed by atoms with E-state index in [1.807, 2.05) is 32.0 Å². The lowest BCUT2D eigenvalue weighted by Gasteiger charge is -2.13. The maximum Gasteiger partial charge on any atom is 0.178 e. The Hall–Kier alpha value is -0.960. The third-order valence-electron chi connectivity index (χ3n) is 3.37. The minimum absolute atomic E-state index is 0.0102. The van der Waals surface area contributed by atoms with Gasteiger partial charge in [-0.3, -0.25) is 9.00 Å². The number of benzene rings is 1. The lowest BCUT2D eigenvalue weighted by molar-refractivity contribution is 0.0992. The number of aryl methyl sites for hydroxylation is 2. The maximum absolute atomic E-state index is 12.4. The van der Waals surface area contributed by atoms with Crippen molar-refractivity contribution in [2.45, 2.75) is 52.2 Å². The number of Topliss-reactive ketones (excluding diaryl/α,β-unsaturated/α-hetero) is 1. The molecule has 0 saturated heterocycles. The molecule has 0 amide bonds. The molecule has 0 aromatic heterocycles. The molecule has 0 N–H and O–H groups in total. The van der Waals surface area contributed by atoms with E-state index in [-0.39, 0.29) is 5.78 Å². The second-order valence-corrected chi connectivity index (χ2v) is 6.99. The van der Waals surface area contributed by atoms with Crippen LogP contribution in [0.1, 0.15) is 54.6 Å². The maximum atomic E-state index is 12.4. The highest BCUT2D eigenvalue weighted by Gasteiger charge is 2.22. The van der Waals surface area contributed by atoms with Gasteiger partial charge in [0.05, 0.1) is 5.25 Å². The molecule has 0 radical (unpaired) electrons. The van der Waals surface area contributed by atoms with Gasteiger partial charge in [0.2, 0.25) is 0 Å². The molecule has 0 aliphatic carbocycles. The molecule has 2 atom stereocenters. The van der Waals surface area contributed by atoms with Gasteiger partial charge in [-0.1, -0.05) is 37.5 Å². The lowest BCUT2D eigenvalue weighted by atomic mass is 10.0. The van der Waals surface area contributed by atoms with E-state index in [1.54, 1.807) is 6.92 Å². The topological polar surface area (TPSA) is 34.1 Å².